The van der Waals surface area contributed by atoms with Crippen molar-refractivity contribution in [1.82, 2.24) is 9.80 Å². The van der Waals surface area contributed by atoms with E-state index in [1.165, 1.54) is 0 Å². The fraction of sp³-hybridized carbons (Fsp3) is 0.917. The summed E-state index contributed by atoms with van der Waals surface area (Å²) >= 11 is 0. The SMILES string of the molecule is CC1(C)CN(CCCC#N)CCN1CCO. The summed E-state index contributed by atoms with van der Waals surface area (Å²) in [6, 6.07) is 2.19. The Balaban J connectivity index is 2.38. The summed E-state index contributed by atoms with van der Waals surface area (Å²) in [7, 11) is 0. The van der Waals surface area contributed by atoms with Gasteiger partial charge in [0.2, 0.25) is 0 Å². The summed E-state index contributed by atoms with van der Waals surface area (Å²) in [6.45, 7) is 9.55. The molecule has 0 aliphatic carbocycles. The van der Waals surface area contributed by atoms with Gasteiger partial charge in [-0.1, -0.05) is 0 Å². The largest absolute Gasteiger partial charge is 0.395 e. The van der Waals surface area contributed by atoms with Crippen LogP contribution in [0, 0.1) is 11.3 Å². The van der Waals surface area contributed by atoms with Crippen LogP contribution in [0.4, 0.5) is 0 Å². The van der Waals surface area contributed by atoms with Crippen LogP contribution in [0.25, 0.3) is 0 Å². The van der Waals surface area contributed by atoms with Gasteiger partial charge in [0.25, 0.3) is 0 Å². The van der Waals surface area contributed by atoms with E-state index in [1.807, 2.05) is 0 Å². The van der Waals surface area contributed by atoms with Crippen molar-refractivity contribution in [3.8, 4) is 6.07 Å². The molecular formula is C12H23N3O. The number of nitrogens with zero attached hydrogens (tertiary/aromatic N) is 3. The van der Waals surface area contributed by atoms with Crippen molar-refractivity contribution in [3.05, 3.63) is 0 Å². The van der Waals surface area contributed by atoms with Gasteiger partial charge in [-0.25, -0.2) is 0 Å². The van der Waals surface area contributed by atoms with Gasteiger partial charge in [0.1, 0.15) is 0 Å². The van der Waals surface area contributed by atoms with E-state index in [0.717, 1.165) is 39.1 Å². The topological polar surface area (TPSA) is 50.5 Å². The predicted octanol–water partition coefficient (Wildman–Crippen LogP) is 0.679. The van der Waals surface area contributed by atoms with Crippen LogP contribution in [-0.2, 0) is 0 Å². The summed E-state index contributed by atoms with van der Waals surface area (Å²) in [5, 5.41) is 17.5. The van der Waals surface area contributed by atoms with Crippen molar-refractivity contribution >= 4 is 0 Å². The average Bonchev–Trinajstić information content (AvgIpc) is 2.22. The fourth-order valence-corrected chi connectivity index (χ4v) is 2.40. The number of β-amino-alcohol motifs (C(OH)–C–C–N with tert-alkyl or cyclic N) is 1. The van der Waals surface area contributed by atoms with Gasteiger partial charge in [0, 0.05) is 38.1 Å². The van der Waals surface area contributed by atoms with Crippen molar-refractivity contribution in [2.24, 2.45) is 0 Å². The number of rotatable bonds is 5. The highest BCUT2D eigenvalue weighted by Crippen LogP contribution is 2.20. The molecule has 16 heavy (non-hydrogen) atoms. The molecule has 0 amide bonds. The number of piperazine rings is 1. The van der Waals surface area contributed by atoms with Crippen molar-refractivity contribution in [2.75, 3.05) is 39.3 Å². The van der Waals surface area contributed by atoms with Crippen molar-refractivity contribution in [2.45, 2.75) is 32.2 Å². The molecular weight excluding hydrogens is 202 g/mol. The molecule has 0 bridgehead atoms. The van der Waals surface area contributed by atoms with E-state index in [0.29, 0.717) is 6.42 Å². The van der Waals surface area contributed by atoms with Crippen LogP contribution in [0.3, 0.4) is 0 Å². The van der Waals surface area contributed by atoms with Gasteiger partial charge >= 0.3 is 0 Å². The summed E-state index contributed by atoms with van der Waals surface area (Å²) in [4.78, 5) is 4.76. The third-order valence-electron chi connectivity index (χ3n) is 3.29. The van der Waals surface area contributed by atoms with Gasteiger partial charge in [0.05, 0.1) is 12.7 Å². The first-order valence-electron chi connectivity index (χ1n) is 6.05. The number of hydrogen-bond acceptors (Lipinski definition) is 4. The fourth-order valence-electron chi connectivity index (χ4n) is 2.40. The molecule has 4 nitrogen and oxygen atoms in total. The van der Waals surface area contributed by atoms with E-state index >= 15 is 0 Å². The second-order valence-electron chi connectivity index (χ2n) is 5.06. The number of hydrogen-bond donors (Lipinski definition) is 1. The number of nitriles is 1. The van der Waals surface area contributed by atoms with Crippen molar-refractivity contribution in [3.63, 3.8) is 0 Å². The molecule has 0 unspecified atom stereocenters. The van der Waals surface area contributed by atoms with E-state index in [1.54, 1.807) is 0 Å². The van der Waals surface area contributed by atoms with Crippen LogP contribution in [0.1, 0.15) is 26.7 Å². The molecule has 1 N–H and O–H groups in total. The molecule has 0 aromatic rings. The van der Waals surface area contributed by atoms with Gasteiger partial charge in [-0.2, -0.15) is 5.26 Å². The van der Waals surface area contributed by atoms with Gasteiger partial charge in [-0.05, 0) is 26.8 Å². The minimum absolute atomic E-state index is 0.133. The van der Waals surface area contributed by atoms with Crippen LogP contribution >= 0.6 is 0 Å². The molecule has 0 spiro atoms. The van der Waals surface area contributed by atoms with Gasteiger partial charge in [-0.15, -0.1) is 0 Å². The Labute approximate surface area is 98.5 Å². The van der Waals surface area contributed by atoms with E-state index in [9.17, 15) is 0 Å². The highest BCUT2D eigenvalue weighted by Gasteiger charge is 2.32. The third-order valence-corrected chi connectivity index (χ3v) is 3.29. The molecule has 92 valence electrons. The third kappa shape index (κ3) is 3.75. The first-order valence-corrected chi connectivity index (χ1v) is 6.05. The van der Waals surface area contributed by atoms with Crippen LogP contribution in [0.2, 0.25) is 0 Å². The summed E-state index contributed by atoms with van der Waals surface area (Å²) in [6.07, 6.45) is 1.61. The lowest BCUT2D eigenvalue weighted by atomic mass is 9.98. The lowest BCUT2D eigenvalue weighted by molar-refractivity contribution is 0.00944. The normalized spacial score (nSPS) is 21.9. The molecule has 0 radical (unpaired) electrons. The van der Waals surface area contributed by atoms with Gasteiger partial charge in [0.15, 0.2) is 0 Å². The molecule has 0 saturated carbocycles. The summed E-state index contributed by atoms with van der Waals surface area (Å²) in [5.74, 6) is 0. The molecule has 0 aromatic heterocycles. The first-order chi connectivity index (χ1) is 7.60. The summed E-state index contributed by atoms with van der Waals surface area (Å²) < 4.78 is 0. The summed E-state index contributed by atoms with van der Waals surface area (Å²) in [5.41, 5.74) is 0.133. The molecule has 1 heterocycles. The standard InChI is InChI=1S/C12H23N3O/c1-12(2)11-14(6-4-3-5-13)7-8-15(12)9-10-16/h16H,3-4,6-11H2,1-2H3. The molecule has 1 saturated heterocycles. The van der Waals surface area contributed by atoms with E-state index in [4.69, 9.17) is 10.4 Å². The Bertz CT molecular complexity index is 247. The second-order valence-corrected chi connectivity index (χ2v) is 5.06. The maximum absolute atomic E-state index is 9.00. The molecule has 0 aromatic carbocycles. The van der Waals surface area contributed by atoms with Gasteiger partial charge < -0.3 is 10.0 Å². The van der Waals surface area contributed by atoms with Crippen LogP contribution in [-0.4, -0.2) is 59.8 Å². The molecule has 1 fully saturated rings. The van der Waals surface area contributed by atoms with Crippen LogP contribution in [0.15, 0.2) is 0 Å². The van der Waals surface area contributed by atoms with Crippen LogP contribution in [0.5, 0.6) is 0 Å². The van der Waals surface area contributed by atoms with Crippen LogP contribution < -0.4 is 0 Å². The quantitative estimate of drug-likeness (QED) is 0.699. The minimum Gasteiger partial charge on any atom is -0.395 e. The first kappa shape index (κ1) is 13.4. The van der Waals surface area contributed by atoms with Crippen molar-refractivity contribution in [1.29, 1.82) is 5.26 Å². The smallest absolute Gasteiger partial charge is 0.0622 e. The Hall–Kier alpha value is -0.630. The highest BCUT2D eigenvalue weighted by atomic mass is 16.3. The van der Waals surface area contributed by atoms with Crippen molar-refractivity contribution < 1.29 is 5.11 Å². The minimum atomic E-state index is 0.133. The lowest BCUT2D eigenvalue weighted by Crippen LogP contribution is -2.59. The Morgan fingerprint density at radius 1 is 1.31 bits per heavy atom. The molecule has 1 aliphatic heterocycles. The van der Waals surface area contributed by atoms with E-state index in [2.05, 4.69) is 29.7 Å². The zero-order valence-electron chi connectivity index (χ0n) is 10.4. The maximum Gasteiger partial charge on any atom is 0.0622 e. The monoisotopic (exact) mass is 225 g/mol. The maximum atomic E-state index is 9.00. The molecule has 1 rings (SSSR count). The molecule has 4 heteroatoms. The highest BCUT2D eigenvalue weighted by molar-refractivity contribution is 4.90. The zero-order chi connectivity index (χ0) is 12.0. The number of aliphatic hydroxyl groups excluding tert-OH is 1. The lowest BCUT2D eigenvalue weighted by Gasteiger charge is -2.47. The Morgan fingerprint density at radius 3 is 2.62 bits per heavy atom. The predicted molar refractivity (Wildman–Crippen MR) is 64.0 cm³/mol. The number of aliphatic hydroxyl groups is 1. The molecule has 0 atom stereocenters. The average molecular weight is 225 g/mol. The Kier molecular flexibility index (Phi) is 5.20. The zero-order valence-corrected chi connectivity index (χ0v) is 10.4. The number of unbranched alkanes of at least 4 members (excludes halogenated alkanes) is 1. The van der Waals surface area contributed by atoms with Gasteiger partial charge in [-0.3, -0.25) is 4.90 Å². The second kappa shape index (κ2) is 6.19. The van der Waals surface area contributed by atoms with E-state index < -0.39 is 0 Å². The molecule has 1 aliphatic rings. The van der Waals surface area contributed by atoms with E-state index in [-0.39, 0.29) is 12.1 Å². The Morgan fingerprint density at radius 2 is 2.06 bits per heavy atom.